The molecule has 0 radical (unpaired) electrons. The zero-order valence-electron chi connectivity index (χ0n) is 13.8. The Labute approximate surface area is 147 Å². The second-order valence-electron chi connectivity index (χ2n) is 6.20. The van der Waals surface area contributed by atoms with Gasteiger partial charge in [-0.2, -0.15) is 5.10 Å². The molecule has 8 nitrogen and oxygen atoms in total. The molecule has 3 heterocycles. The minimum atomic E-state index is -2.66. The van der Waals surface area contributed by atoms with E-state index in [1.165, 1.54) is 6.33 Å². The minimum absolute atomic E-state index is 0.0979. The van der Waals surface area contributed by atoms with E-state index in [0.29, 0.717) is 29.8 Å². The van der Waals surface area contributed by atoms with E-state index in [4.69, 9.17) is 0 Å². The summed E-state index contributed by atoms with van der Waals surface area (Å²) in [4.78, 5) is 24.6. The second-order valence-corrected chi connectivity index (χ2v) is 6.20. The van der Waals surface area contributed by atoms with Gasteiger partial charge < -0.3 is 15.2 Å². The smallest absolute Gasteiger partial charge is 0.321 e. The molecule has 1 atom stereocenters. The molecule has 0 saturated carbocycles. The summed E-state index contributed by atoms with van der Waals surface area (Å²) in [6.45, 7) is 1.19. The molecule has 1 fully saturated rings. The van der Waals surface area contributed by atoms with Crippen LogP contribution >= 0.6 is 0 Å². The van der Waals surface area contributed by atoms with Crippen LogP contribution in [-0.4, -0.2) is 48.8 Å². The van der Waals surface area contributed by atoms with E-state index >= 15 is 0 Å². The van der Waals surface area contributed by atoms with E-state index in [1.807, 2.05) is 0 Å². The third kappa shape index (κ3) is 3.22. The Hall–Kier alpha value is -3.04. The normalized spacial score (nSPS) is 17.8. The maximum Gasteiger partial charge on any atom is 0.321 e. The first kappa shape index (κ1) is 16.4. The van der Waals surface area contributed by atoms with Crippen LogP contribution in [0.5, 0.6) is 0 Å². The Kier molecular flexibility index (Phi) is 4.23. The molecule has 1 aromatic carbocycles. The van der Waals surface area contributed by atoms with Gasteiger partial charge in [0.1, 0.15) is 12.7 Å². The van der Waals surface area contributed by atoms with Gasteiger partial charge in [-0.1, -0.05) is 0 Å². The van der Waals surface area contributed by atoms with E-state index in [2.05, 4.69) is 25.4 Å². The van der Waals surface area contributed by atoms with Crippen molar-refractivity contribution in [3.05, 3.63) is 36.7 Å². The van der Waals surface area contributed by atoms with E-state index < -0.39 is 6.43 Å². The van der Waals surface area contributed by atoms with Gasteiger partial charge in [0.05, 0.1) is 17.1 Å². The van der Waals surface area contributed by atoms with Gasteiger partial charge in [0.2, 0.25) is 0 Å². The molecule has 1 saturated heterocycles. The van der Waals surface area contributed by atoms with E-state index in [0.717, 1.165) is 12.8 Å². The molecule has 3 aromatic rings. The lowest BCUT2D eigenvalue weighted by atomic mass is 10.1. The van der Waals surface area contributed by atoms with Crippen molar-refractivity contribution in [2.24, 2.45) is 0 Å². The number of fused-ring (bicyclic) bond motifs is 1. The number of aromatic nitrogens is 5. The third-order valence-electron chi connectivity index (χ3n) is 4.45. The molecule has 2 N–H and O–H groups in total. The molecular weight excluding hydrogens is 344 g/mol. The van der Waals surface area contributed by atoms with E-state index in [1.54, 1.807) is 34.1 Å². The number of imidazole rings is 1. The Morgan fingerprint density at radius 3 is 3.04 bits per heavy atom. The zero-order chi connectivity index (χ0) is 18.1. The molecule has 1 unspecified atom stereocenters. The van der Waals surface area contributed by atoms with Crippen molar-refractivity contribution < 1.29 is 13.6 Å². The van der Waals surface area contributed by atoms with Gasteiger partial charge in [-0.3, -0.25) is 0 Å². The summed E-state index contributed by atoms with van der Waals surface area (Å²) in [6.07, 6.45) is 2.27. The lowest BCUT2D eigenvalue weighted by Crippen LogP contribution is -2.43. The molecule has 0 spiro atoms. The van der Waals surface area contributed by atoms with Gasteiger partial charge in [0, 0.05) is 18.8 Å². The number of anilines is 1. The number of urea groups is 1. The number of alkyl halides is 2. The van der Waals surface area contributed by atoms with Crippen LogP contribution in [0.1, 0.15) is 31.1 Å². The fraction of sp³-hybridized carbons (Fsp3) is 0.375. The molecule has 1 aliphatic rings. The Morgan fingerprint density at radius 1 is 1.38 bits per heavy atom. The molecule has 2 aromatic heterocycles. The van der Waals surface area contributed by atoms with Gasteiger partial charge in [-0.05, 0) is 31.0 Å². The van der Waals surface area contributed by atoms with Crippen LogP contribution in [0.15, 0.2) is 30.9 Å². The van der Waals surface area contributed by atoms with Crippen LogP contribution in [0.4, 0.5) is 19.3 Å². The maximum absolute atomic E-state index is 12.7. The van der Waals surface area contributed by atoms with Crippen molar-refractivity contribution in [2.45, 2.75) is 25.3 Å². The number of rotatable bonds is 3. The largest absolute Gasteiger partial charge is 0.337 e. The summed E-state index contributed by atoms with van der Waals surface area (Å²) in [5.41, 5.74) is 1.41. The monoisotopic (exact) mass is 361 g/mol. The summed E-state index contributed by atoms with van der Waals surface area (Å²) in [6, 6.07) is 4.71. The van der Waals surface area contributed by atoms with Crippen LogP contribution in [0.3, 0.4) is 0 Å². The predicted molar refractivity (Wildman–Crippen MR) is 89.9 cm³/mol. The van der Waals surface area contributed by atoms with Crippen LogP contribution in [0, 0.1) is 0 Å². The number of likely N-dealkylation sites (tertiary alicyclic amines) is 1. The van der Waals surface area contributed by atoms with Crippen LogP contribution in [0.2, 0.25) is 0 Å². The number of carbonyl (C=O) groups excluding carboxylic acids is 1. The third-order valence-corrected chi connectivity index (χ3v) is 4.45. The molecule has 1 aliphatic heterocycles. The van der Waals surface area contributed by atoms with Gasteiger partial charge in [0.15, 0.2) is 5.82 Å². The first-order valence-electron chi connectivity index (χ1n) is 8.28. The number of carbonyl (C=O) groups is 1. The fourth-order valence-electron chi connectivity index (χ4n) is 3.17. The number of aromatic amines is 1. The zero-order valence-corrected chi connectivity index (χ0v) is 13.8. The summed E-state index contributed by atoms with van der Waals surface area (Å²) in [5.74, 6) is -0.379. The van der Waals surface area contributed by atoms with E-state index in [-0.39, 0.29) is 17.9 Å². The van der Waals surface area contributed by atoms with Crippen molar-refractivity contribution in [2.75, 3.05) is 18.4 Å². The van der Waals surface area contributed by atoms with Gasteiger partial charge in [-0.15, -0.1) is 0 Å². The van der Waals surface area contributed by atoms with Crippen LogP contribution in [0.25, 0.3) is 11.0 Å². The number of H-pyrrole nitrogens is 1. The average molecular weight is 361 g/mol. The van der Waals surface area contributed by atoms with Crippen LogP contribution < -0.4 is 5.32 Å². The number of amides is 2. The van der Waals surface area contributed by atoms with Gasteiger partial charge in [-0.25, -0.2) is 28.2 Å². The molecule has 0 aliphatic carbocycles. The van der Waals surface area contributed by atoms with Crippen molar-refractivity contribution in [1.29, 1.82) is 0 Å². The lowest BCUT2D eigenvalue weighted by Gasteiger charge is -2.32. The van der Waals surface area contributed by atoms with Crippen molar-refractivity contribution >= 4 is 22.8 Å². The summed E-state index contributed by atoms with van der Waals surface area (Å²) >= 11 is 0. The first-order chi connectivity index (χ1) is 12.6. The van der Waals surface area contributed by atoms with Gasteiger partial charge in [0.25, 0.3) is 6.43 Å². The highest BCUT2D eigenvalue weighted by molar-refractivity contribution is 5.92. The number of nitrogens with one attached hydrogen (secondary N) is 2. The van der Waals surface area contributed by atoms with Gasteiger partial charge >= 0.3 is 6.03 Å². The number of nitrogens with zero attached hydrogens (tertiary/aromatic N) is 5. The highest BCUT2D eigenvalue weighted by Gasteiger charge is 2.25. The lowest BCUT2D eigenvalue weighted by molar-refractivity contribution is 0.142. The number of halogens is 2. The molecule has 4 rings (SSSR count). The predicted octanol–water partition coefficient (Wildman–Crippen LogP) is 2.96. The summed E-state index contributed by atoms with van der Waals surface area (Å²) < 4.78 is 27.2. The standard InChI is InChI=1S/C16H17F2N7O/c17-14(18)15-22-12-4-3-10(6-13(12)23-15)21-16(26)24-5-1-2-11(7-24)25-9-19-8-20-25/h3-4,6,8-9,11,14H,1-2,5,7H2,(H,21,26)(H,22,23). The summed E-state index contributed by atoms with van der Waals surface area (Å²) in [5, 5.41) is 6.96. The number of hydrogen-bond donors (Lipinski definition) is 2. The number of benzene rings is 1. The van der Waals surface area contributed by atoms with E-state index in [9.17, 15) is 13.6 Å². The molecule has 10 heteroatoms. The second kappa shape index (κ2) is 6.70. The quantitative estimate of drug-likeness (QED) is 0.750. The Morgan fingerprint density at radius 2 is 2.27 bits per heavy atom. The molecule has 0 bridgehead atoms. The minimum Gasteiger partial charge on any atom is -0.337 e. The van der Waals surface area contributed by atoms with Crippen molar-refractivity contribution in [3.8, 4) is 0 Å². The highest BCUT2D eigenvalue weighted by Crippen LogP contribution is 2.24. The number of hydrogen-bond acceptors (Lipinski definition) is 4. The van der Waals surface area contributed by atoms with Crippen molar-refractivity contribution in [3.63, 3.8) is 0 Å². The van der Waals surface area contributed by atoms with Crippen molar-refractivity contribution in [1.82, 2.24) is 29.6 Å². The summed E-state index contributed by atoms with van der Waals surface area (Å²) in [7, 11) is 0. The molecule has 26 heavy (non-hydrogen) atoms. The fourth-order valence-corrected chi connectivity index (χ4v) is 3.17. The molecule has 136 valence electrons. The molecular formula is C16H17F2N7O. The molecule has 2 amide bonds. The highest BCUT2D eigenvalue weighted by atomic mass is 19.3. The van der Waals surface area contributed by atoms with Crippen LogP contribution in [-0.2, 0) is 0 Å². The first-order valence-corrected chi connectivity index (χ1v) is 8.28. The average Bonchev–Trinajstić information content (AvgIpc) is 3.31. The Bertz CT molecular complexity index is 909. The Balaban J connectivity index is 1.46. The maximum atomic E-state index is 12.7. The SMILES string of the molecule is O=C(Nc1ccc2nc(C(F)F)[nH]c2c1)N1CCCC(n2cncn2)C1. The number of piperidine rings is 1. The topological polar surface area (TPSA) is 91.7 Å².